The first-order chi connectivity index (χ1) is 7.90. The predicted molar refractivity (Wildman–Crippen MR) is 72.3 cm³/mol. The molecule has 0 saturated carbocycles. The van der Waals surface area contributed by atoms with Gasteiger partial charge < -0.3 is 11.1 Å². The minimum absolute atomic E-state index is 0.150. The first-order valence-corrected chi connectivity index (χ1v) is 6.74. The minimum Gasteiger partial charge on any atom is -0.320 e. The topological polar surface area (TPSA) is 68.0 Å². The van der Waals surface area contributed by atoms with Gasteiger partial charge in [-0.15, -0.1) is 11.3 Å². The lowest BCUT2D eigenvalue weighted by molar-refractivity contribution is -0.117. The van der Waals surface area contributed by atoms with E-state index < -0.39 is 6.04 Å². The molecule has 4 nitrogen and oxygen atoms in total. The van der Waals surface area contributed by atoms with Crippen LogP contribution < -0.4 is 11.1 Å². The van der Waals surface area contributed by atoms with Crippen LogP contribution in [0, 0.1) is 5.92 Å². The Hall–Kier alpha value is -0.940. The highest BCUT2D eigenvalue weighted by Crippen LogP contribution is 2.25. The molecule has 5 heteroatoms. The molecule has 1 aromatic rings. The maximum atomic E-state index is 11.8. The van der Waals surface area contributed by atoms with Crippen molar-refractivity contribution in [1.29, 1.82) is 0 Å². The van der Waals surface area contributed by atoms with Gasteiger partial charge in [0.25, 0.3) is 0 Å². The van der Waals surface area contributed by atoms with Crippen molar-refractivity contribution in [3.05, 3.63) is 11.1 Å². The van der Waals surface area contributed by atoms with Gasteiger partial charge in [0.2, 0.25) is 5.91 Å². The van der Waals surface area contributed by atoms with Crippen LogP contribution >= 0.6 is 11.3 Å². The van der Waals surface area contributed by atoms with E-state index in [0.717, 1.165) is 4.88 Å². The molecule has 0 aliphatic carbocycles. The maximum absolute atomic E-state index is 11.8. The first-order valence-electron chi connectivity index (χ1n) is 5.92. The standard InChI is InChI=1S/C12H21N3OS/c1-7(2)5-9(13)11(16)15-12-14-6-10(17-12)8(3)4/h6-9H,5,13H2,1-4H3,(H,14,15,16)/t9-/m0/s1. The molecule has 0 saturated heterocycles. The number of nitrogens with one attached hydrogen (secondary N) is 1. The monoisotopic (exact) mass is 255 g/mol. The van der Waals surface area contributed by atoms with Crippen molar-refractivity contribution in [1.82, 2.24) is 4.98 Å². The quantitative estimate of drug-likeness (QED) is 0.849. The Morgan fingerprint density at radius 1 is 1.47 bits per heavy atom. The van der Waals surface area contributed by atoms with Crippen molar-refractivity contribution in [2.45, 2.75) is 46.1 Å². The molecule has 17 heavy (non-hydrogen) atoms. The van der Waals surface area contributed by atoms with Crippen molar-refractivity contribution < 1.29 is 4.79 Å². The zero-order valence-electron chi connectivity index (χ0n) is 10.9. The number of amides is 1. The van der Waals surface area contributed by atoms with Crippen molar-refractivity contribution in [3.63, 3.8) is 0 Å². The smallest absolute Gasteiger partial charge is 0.243 e. The van der Waals surface area contributed by atoms with Crippen LogP contribution in [-0.2, 0) is 4.79 Å². The summed E-state index contributed by atoms with van der Waals surface area (Å²) in [7, 11) is 0. The van der Waals surface area contributed by atoms with Crippen molar-refractivity contribution in [2.75, 3.05) is 5.32 Å². The van der Waals surface area contributed by atoms with Gasteiger partial charge in [-0.2, -0.15) is 0 Å². The molecule has 0 bridgehead atoms. The van der Waals surface area contributed by atoms with E-state index in [1.165, 1.54) is 11.3 Å². The summed E-state index contributed by atoms with van der Waals surface area (Å²) in [5.41, 5.74) is 5.80. The number of rotatable bonds is 5. The number of nitrogens with two attached hydrogens (primary N) is 1. The van der Waals surface area contributed by atoms with Gasteiger partial charge in [0, 0.05) is 11.1 Å². The molecule has 1 atom stereocenters. The average Bonchev–Trinajstić information content (AvgIpc) is 2.65. The third kappa shape index (κ3) is 4.44. The van der Waals surface area contributed by atoms with E-state index in [2.05, 4.69) is 24.1 Å². The van der Waals surface area contributed by atoms with Crippen LogP contribution in [0.5, 0.6) is 0 Å². The summed E-state index contributed by atoms with van der Waals surface area (Å²) >= 11 is 1.51. The Morgan fingerprint density at radius 2 is 2.12 bits per heavy atom. The fourth-order valence-electron chi connectivity index (χ4n) is 1.42. The summed E-state index contributed by atoms with van der Waals surface area (Å²) in [6, 6.07) is -0.457. The lowest BCUT2D eigenvalue weighted by Crippen LogP contribution is -2.36. The molecule has 0 aliphatic rings. The van der Waals surface area contributed by atoms with Gasteiger partial charge >= 0.3 is 0 Å². The average molecular weight is 255 g/mol. The molecule has 0 radical (unpaired) electrons. The summed E-state index contributed by atoms with van der Waals surface area (Å²) < 4.78 is 0. The van der Waals surface area contributed by atoms with Crippen LogP contribution in [0.25, 0.3) is 0 Å². The van der Waals surface area contributed by atoms with Crippen LogP contribution in [-0.4, -0.2) is 16.9 Å². The minimum atomic E-state index is -0.457. The van der Waals surface area contributed by atoms with Gasteiger partial charge in [0.1, 0.15) is 0 Å². The third-order valence-corrected chi connectivity index (χ3v) is 3.60. The van der Waals surface area contributed by atoms with Crippen molar-refractivity contribution in [2.24, 2.45) is 11.7 Å². The normalized spacial score (nSPS) is 13.1. The molecule has 0 aliphatic heterocycles. The predicted octanol–water partition coefficient (Wildman–Crippen LogP) is 2.58. The van der Waals surface area contributed by atoms with Gasteiger partial charge in [0.15, 0.2) is 5.13 Å². The Morgan fingerprint density at radius 3 is 2.59 bits per heavy atom. The number of hydrogen-bond acceptors (Lipinski definition) is 4. The number of nitrogens with zero attached hydrogens (tertiary/aromatic N) is 1. The lowest BCUT2D eigenvalue weighted by atomic mass is 10.0. The van der Waals surface area contributed by atoms with E-state index >= 15 is 0 Å². The lowest BCUT2D eigenvalue weighted by Gasteiger charge is -2.12. The molecule has 1 heterocycles. The van der Waals surface area contributed by atoms with E-state index in [9.17, 15) is 4.79 Å². The van der Waals surface area contributed by atoms with Crippen LogP contribution in [0.2, 0.25) is 0 Å². The van der Waals surface area contributed by atoms with Gasteiger partial charge in [-0.1, -0.05) is 27.7 Å². The summed E-state index contributed by atoms with van der Waals surface area (Å²) in [4.78, 5) is 17.1. The second-order valence-corrected chi connectivity index (χ2v) is 6.01. The highest BCUT2D eigenvalue weighted by Gasteiger charge is 2.16. The van der Waals surface area contributed by atoms with Crippen molar-refractivity contribution in [3.8, 4) is 0 Å². The van der Waals surface area contributed by atoms with E-state index in [-0.39, 0.29) is 5.91 Å². The van der Waals surface area contributed by atoms with Crippen LogP contribution in [0.15, 0.2) is 6.20 Å². The molecule has 1 rings (SSSR count). The fourth-order valence-corrected chi connectivity index (χ4v) is 2.25. The van der Waals surface area contributed by atoms with Gasteiger partial charge in [-0.3, -0.25) is 4.79 Å². The largest absolute Gasteiger partial charge is 0.320 e. The number of hydrogen-bond donors (Lipinski definition) is 2. The third-order valence-electron chi connectivity index (χ3n) is 2.38. The van der Waals surface area contributed by atoms with E-state index in [1.54, 1.807) is 6.20 Å². The van der Waals surface area contributed by atoms with E-state index in [4.69, 9.17) is 5.73 Å². The Balaban J connectivity index is 2.55. The molecule has 0 spiro atoms. The van der Waals surface area contributed by atoms with Crippen molar-refractivity contribution >= 4 is 22.4 Å². The highest BCUT2D eigenvalue weighted by molar-refractivity contribution is 7.15. The molecular weight excluding hydrogens is 234 g/mol. The molecule has 0 aromatic carbocycles. The second kappa shape index (κ2) is 6.12. The zero-order chi connectivity index (χ0) is 13.0. The second-order valence-electron chi connectivity index (χ2n) is 4.95. The summed E-state index contributed by atoms with van der Waals surface area (Å²) in [6.07, 6.45) is 2.49. The van der Waals surface area contributed by atoms with Gasteiger partial charge in [-0.25, -0.2) is 4.98 Å². The molecule has 1 amide bonds. The molecule has 1 aromatic heterocycles. The Bertz CT molecular complexity index is 374. The SMILES string of the molecule is CC(C)C[C@H](N)C(=O)Nc1ncc(C(C)C)s1. The van der Waals surface area contributed by atoms with Gasteiger partial charge in [-0.05, 0) is 18.3 Å². The Labute approximate surface area is 107 Å². The number of carbonyl (C=O) groups excluding carboxylic acids is 1. The van der Waals surface area contributed by atoms with E-state index in [0.29, 0.717) is 23.4 Å². The molecule has 0 unspecified atom stereocenters. The fraction of sp³-hybridized carbons (Fsp3) is 0.667. The Kier molecular flexibility index (Phi) is 5.08. The number of aromatic nitrogens is 1. The number of carbonyl (C=O) groups is 1. The summed E-state index contributed by atoms with van der Waals surface area (Å²) in [5, 5.41) is 3.40. The zero-order valence-corrected chi connectivity index (χ0v) is 11.7. The molecule has 0 fully saturated rings. The van der Waals surface area contributed by atoms with Crippen LogP contribution in [0.4, 0.5) is 5.13 Å². The van der Waals surface area contributed by atoms with Crippen LogP contribution in [0.1, 0.15) is 44.9 Å². The van der Waals surface area contributed by atoms with Crippen LogP contribution in [0.3, 0.4) is 0 Å². The van der Waals surface area contributed by atoms with E-state index in [1.807, 2.05) is 13.8 Å². The molecular formula is C12H21N3OS. The first kappa shape index (κ1) is 14.1. The molecule has 96 valence electrons. The summed E-state index contributed by atoms with van der Waals surface area (Å²) in [5.74, 6) is 0.698. The number of anilines is 1. The highest BCUT2D eigenvalue weighted by atomic mass is 32.1. The number of thiazole rings is 1. The maximum Gasteiger partial charge on any atom is 0.243 e. The summed E-state index contributed by atoms with van der Waals surface area (Å²) in [6.45, 7) is 8.30. The molecule has 3 N–H and O–H groups in total. The van der Waals surface area contributed by atoms with Gasteiger partial charge in [0.05, 0.1) is 6.04 Å².